The second-order valence-corrected chi connectivity index (χ2v) is 3.59. The number of hydrogen-bond acceptors (Lipinski definition) is 5. The van der Waals surface area contributed by atoms with Crippen LogP contribution in [0.15, 0.2) is 12.1 Å². The first-order chi connectivity index (χ1) is 7.34. The van der Waals surface area contributed by atoms with E-state index in [0.717, 1.165) is 19.7 Å². The van der Waals surface area contributed by atoms with Crippen LogP contribution >= 0.6 is 11.6 Å². The Bertz CT molecular complexity index is 301. The number of rotatable bonds is 3. The summed E-state index contributed by atoms with van der Waals surface area (Å²) in [7, 11) is 0. The largest absolute Gasteiger partial charge is 0.474 e. The number of morpholine rings is 1. The molecule has 2 rings (SSSR count). The lowest BCUT2D eigenvalue weighted by Crippen LogP contribution is -2.41. The minimum absolute atomic E-state index is 0.0798. The molecular weight excluding hydrogens is 218 g/mol. The van der Waals surface area contributed by atoms with E-state index in [1.807, 2.05) is 0 Å². The summed E-state index contributed by atoms with van der Waals surface area (Å²) in [5.41, 5.74) is 0. The van der Waals surface area contributed by atoms with Gasteiger partial charge in [-0.05, 0) is 6.07 Å². The van der Waals surface area contributed by atoms with Crippen LogP contribution in [-0.4, -0.2) is 42.6 Å². The molecule has 0 radical (unpaired) electrons. The van der Waals surface area contributed by atoms with Crippen LogP contribution in [0.5, 0.6) is 5.88 Å². The quantitative estimate of drug-likeness (QED) is 0.818. The first-order valence-corrected chi connectivity index (χ1v) is 5.17. The van der Waals surface area contributed by atoms with Crippen molar-refractivity contribution >= 4 is 11.6 Å². The SMILES string of the molecule is Clc1ccc(OCC2CNCCO2)nn1. The van der Waals surface area contributed by atoms with Gasteiger partial charge in [0.25, 0.3) is 0 Å². The number of nitrogens with one attached hydrogen (secondary N) is 1. The van der Waals surface area contributed by atoms with Gasteiger partial charge < -0.3 is 14.8 Å². The number of halogens is 1. The summed E-state index contributed by atoms with van der Waals surface area (Å²) >= 11 is 5.60. The van der Waals surface area contributed by atoms with Crippen LogP contribution in [0.2, 0.25) is 5.15 Å². The monoisotopic (exact) mass is 229 g/mol. The van der Waals surface area contributed by atoms with Gasteiger partial charge in [-0.25, -0.2) is 0 Å². The lowest BCUT2D eigenvalue weighted by molar-refractivity contribution is -0.000928. The highest BCUT2D eigenvalue weighted by Crippen LogP contribution is 2.09. The van der Waals surface area contributed by atoms with E-state index in [1.54, 1.807) is 12.1 Å². The van der Waals surface area contributed by atoms with Crippen molar-refractivity contribution in [3.05, 3.63) is 17.3 Å². The third-order valence-corrected chi connectivity index (χ3v) is 2.23. The van der Waals surface area contributed by atoms with E-state index in [1.165, 1.54) is 0 Å². The van der Waals surface area contributed by atoms with Gasteiger partial charge in [-0.3, -0.25) is 0 Å². The molecule has 1 aromatic rings. The third kappa shape index (κ3) is 3.30. The van der Waals surface area contributed by atoms with Crippen molar-refractivity contribution < 1.29 is 9.47 Å². The second kappa shape index (κ2) is 5.25. The summed E-state index contributed by atoms with van der Waals surface area (Å²) in [6.45, 7) is 2.90. The Hall–Kier alpha value is -0.910. The summed E-state index contributed by atoms with van der Waals surface area (Å²) in [4.78, 5) is 0. The molecule has 0 bridgehead atoms. The fourth-order valence-corrected chi connectivity index (χ4v) is 1.39. The van der Waals surface area contributed by atoms with Crippen molar-refractivity contribution in [1.29, 1.82) is 0 Å². The highest BCUT2D eigenvalue weighted by molar-refractivity contribution is 6.29. The molecule has 1 unspecified atom stereocenters. The first-order valence-electron chi connectivity index (χ1n) is 4.79. The number of aromatic nitrogens is 2. The zero-order valence-corrected chi connectivity index (χ0v) is 8.91. The summed E-state index contributed by atoms with van der Waals surface area (Å²) < 4.78 is 10.9. The molecule has 1 saturated heterocycles. The fraction of sp³-hybridized carbons (Fsp3) is 0.556. The minimum atomic E-state index is 0.0798. The van der Waals surface area contributed by atoms with Gasteiger partial charge in [0.15, 0.2) is 5.15 Å². The summed E-state index contributed by atoms with van der Waals surface area (Å²) in [5, 5.41) is 11.0. The van der Waals surface area contributed by atoms with Crippen LogP contribution in [0.1, 0.15) is 0 Å². The number of hydrogen-bond donors (Lipinski definition) is 1. The van der Waals surface area contributed by atoms with Crippen molar-refractivity contribution in [2.24, 2.45) is 0 Å². The fourth-order valence-electron chi connectivity index (χ4n) is 1.29. The molecule has 6 heteroatoms. The van der Waals surface area contributed by atoms with Crippen LogP contribution in [0.3, 0.4) is 0 Å². The van der Waals surface area contributed by atoms with Crippen molar-refractivity contribution in [2.75, 3.05) is 26.3 Å². The molecule has 0 amide bonds. The van der Waals surface area contributed by atoms with Gasteiger partial charge in [-0.2, -0.15) is 0 Å². The minimum Gasteiger partial charge on any atom is -0.474 e. The lowest BCUT2D eigenvalue weighted by atomic mass is 10.3. The maximum Gasteiger partial charge on any atom is 0.233 e. The zero-order valence-electron chi connectivity index (χ0n) is 8.15. The molecule has 0 aromatic carbocycles. The highest BCUT2D eigenvalue weighted by Gasteiger charge is 2.14. The van der Waals surface area contributed by atoms with E-state index in [0.29, 0.717) is 17.6 Å². The lowest BCUT2D eigenvalue weighted by Gasteiger charge is -2.23. The average Bonchev–Trinajstić information content (AvgIpc) is 2.30. The standard InChI is InChI=1S/C9H12ClN3O2/c10-8-1-2-9(13-12-8)15-6-7-5-11-3-4-14-7/h1-2,7,11H,3-6H2. The van der Waals surface area contributed by atoms with E-state index in [9.17, 15) is 0 Å². The molecule has 1 aromatic heterocycles. The Labute approximate surface area is 92.7 Å². The van der Waals surface area contributed by atoms with Crippen LogP contribution in [0.25, 0.3) is 0 Å². The first kappa shape index (κ1) is 10.6. The van der Waals surface area contributed by atoms with Gasteiger partial charge in [-0.1, -0.05) is 11.6 Å². The van der Waals surface area contributed by atoms with Crippen molar-refractivity contribution in [1.82, 2.24) is 15.5 Å². The Morgan fingerprint density at radius 1 is 1.53 bits per heavy atom. The van der Waals surface area contributed by atoms with Crippen LogP contribution in [0, 0.1) is 0 Å². The molecule has 1 aliphatic heterocycles. The van der Waals surface area contributed by atoms with Crippen LogP contribution in [0.4, 0.5) is 0 Å². The van der Waals surface area contributed by atoms with Crippen molar-refractivity contribution in [3.63, 3.8) is 0 Å². The molecule has 1 atom stereocenters. The summed E-state index contributed by atoms with van der Waals surface area (Å²) in [5.74, 6) is 0.466. The molecular formula is C9H12ClN3O2. The summed E-state index contributed by atoms with van der Waals surface area (Å²) in [6.07, 6.45) is 0.0798. The average molecular weight is 230 g/mol. The Morgan fingerprint density at radius 3 is 3.13 bits per heavy atom. The zero-order chi connectivity index (χ0) is 10.5. The van der Waals surface area contributed by atoms with Crippen LogP contribution < -0.4 is 10.1 Å². The van der Waals surface area contributed by atoms with Crippen molar-refractivity contribution in [2.45, 2.75) is 6.10 Å². The molecule has 0 saturated carbocycles. The van der Waals surface area contributed by atoms with Gasteiger partial charge in [-0.15, -0.1) is 10.2 Å². The Balaban J connectivity index is 1.79. The predicted octanol–water partition coefficient (Wildman–Crippen LogP) is 0.497. The predicted molar refractivity (Wildman–Crippen MR) is 55.1 cm³/mol. The molecule has 82 valence electrons. The van der Waals surface area contributed by atoms with Gasteiger partial charge in [0.2, 0.25) is 5.88 Å². The molecule has 0 aliphatic carbocycles. The molecule has 1 aliphatic rings. The van der Waals surface area contributed by atoms with Gasteiger partial charge in [0.05, 0.1) is 6.61 Å². The topological polar surface area (TPSA) is 56.3 Å². The molecule has 1 fully saturated rings. The van der Waals surface area contributed by atoms with Gasteiger partial charge in [0, 0.05) is 19.2 Å². The smallest absolute Gasteiger partial charge is 0.233 e. The number of nitrogens with zero attached hydrogens (tertiary/aromatic N) is 2. The van der Waals surface area contributed by atoms with E-state index in [2.05, 4.69) is 15.5 Å². The number of ether oxygens (including phenoxy) is 2. The molecule has 0 spiro atoms. The third-order valence-electron chi connectivity index (χ3n) is 2.03. The molecule has 15 heavy (non-hydrogen) atoms. The van der Waals surface area contributed by atoms with E-state index >= 15 is 0 Å². The Kier molecular flexibility index (Phi) is 3.71. The second-order valence-electron chi connectivity index (χ2n) is 3.20. The maximum atomic E-state index is 5.60. The van der Waals surface area contributed by atoms with Gasteiger partial charge in [0.1, 0.15) is 12.7 Å². The van der Waals surface area contributed by atoms with Gasteiger partial charge >= 0.3 is 0 Å². The highest BCUT2D eigenvalue weighted by atomic mass is 35.5. The van der Waals surface area contributed by atoms with E-state index < -0.39 is 0 Å². The molecule has 2 heterocycles. The maximum absolute atomic E-state index is 5.60. The van der Waals surface area contributed by atoms with E-state index in [4.69, 9.17) is 21.1 Å². The van der Waals surface area contributed by atoms with Crippen LogP contribution in [-0.2, 0) is 4.74 Å². The Morgan fingerprint density at radius 2 is 2.47 bits per heavy atom. The molecule has 1 N–H and O–H groups in total. The molecule has 5 nitrogen and oxygen atoms in total. The summed E-state index contributed by atoms with van der Waals surface area (Å²) in [6, 6.07) is 3.33. The normalized spacial score (nSPS) is 21.3. The van der Waals surface area contributed by atoms with E-state index in [-0.39, 0.29) is 6.10 Å². The van der Waals surface area contributed by atoms with Crippen molar-refractivity contribution in [3.8, 4) is 5.88 Å².